The fourth-order valence-corrected chi connectivity index (χ4v) is 2.67. The molecule has 1 aliphatic heterocycles. The van der Waals surface area contributed by atoms with Gasteiger partial charge in [-0.15, -0.1) is 0 Å². The Bertz CT molecular complexity index is 547. The lowest BCUT2D eigenvalue weighted by Gasteiger charge is -2.39. The minimum Gasteiger partial charge on any atom is -0.479 e. The number of carboxylic acid groups (broad SMARTS) is 1. The molecule has 7 nitrogen and oxygen atoms in total. The quantitative estimate of drug-likeness (QED) is 0.884. The second-order valence-corrected chi connectivity index (χ2v) is 6.04. The van der Waals surface area contributed by atoms with Crippen molar-refractivity contribution < 1.29 is 14.7 Å². The van der Waals surface area contributed by atoms with Crippen molar-refractivity contribution in [1.29, 1.82) is 0 Å². The number of hydrogen-bond acceptors (Lipinski definition) is 3. The van der Waals surface area contributed by atoms with E-state index in [0.29, 0.717) is 25.9 Å². The van der Waals surface area contributed by atoms with Crippen molar-refractivity contribution in [3.8, 4) is 0 Å². The highest BCUT2D eigenvalue weighted by atomic mass is 16.4. The molecule has 1 atom stereocenters. The maximum Gasteiger partial charge on any atom is 0.331 e. The van der Waals surface area contributed by atoms with Gasteiger partial charge in [0.25, 0.3) is 0 Å². The lowest BCUT2D eigenvalue weighted by atomic mass is 9.87. The number of urea groups is 1. The fraction of sp³-hybridized carbons (Fsp3) is 0.667. The highest BCUT2D eigenvalue weighted by Crippen LogP contribution is 2.30. The molecule has 1 fully saturated rings. The van der Waals surface area contributed by atoms with Gasteiger partial charge in [-0.2, -0.15) is 5.10 Å². The van der Waals surface area contributed by atoms with E-state index in [0.717, 1.165) is 12.0 Å². The zero-order valence-corrected chi connectivity index (χ0v) is 13.4. The van der Waals surface area contributed by atoms with Crippen molar-refractivity contribution in [2.45, 2.75) is 51.6 Å². The van der Waals surface area contributed by atoms with Crippen LogP contribution in [0.1, 0.15) is 38.7 Å². The summed E-state index contributed by atoms with van der Waals surface area (Å²) < 4.78 is 1.54. The second-order valence-electron chi connectivity index (χ2n) is 6.04. The van der Waals surface area contributed by atoms with Gasteiger partial charge < -0.3 is 15.3 Å². The summed E-state index contributed by atoms with van der Waals surface area (Å²) in [5.74, 6) is -0.891. The molecule has 2 N–H and O–H groups in total. The molecule has 1 aromatic heterocycles. The number of aromatic nitrogens is 2. The van der Waals surface area contributed by atoms with Crippen LogP contribution in [0.4, 0.5) is 4.79 Å². The molecule has 7 heteroatoms. The Labute approximate surface area is 130 Å². The van der Waals surface area contributed by atoms with Gasteiger partial charge in [0.2, 0.25) is 0 Å². The zero-order chi connectivity index (χ0) is 16.3. The van der Waals surface area contributed by atoms with E-state index in [1.165, 1.54) is 4.68 Å². The minimum atomic E-state index is -1.05. The summed E-state index contributed by atoms with van der Waals surface area (Å²) in [7, 11) is 0. The standard InChI is InChI=1S/C15H24N4O3/c1-4-12(3)17-14(22)18-7-5-15(6-8-18,13(20)21)19-10-11(2)9-16-19/h9-10,12H,4-8H2,1-3H3,(H,17,22)(H,20,21)/t12-/m1/s1. The van der Waals surface area contributed by atoms with E-state index in [2.05, 4.69) is 10.4 Å². The van der Waals surface area contributed by atoms with Crippen LogP contribution in [-0.2, 0) is 10.3 Å². The molecule has 2 rings (SSSR count). The second kappa shape index (κ2) is 6.37. The van der Waals surface area contributed by atoms with Gasteiger partial charge in [-0.05, 0) is 25.8 Å². The average molecular weight is 308 g/mol. The van der Waals surface area contributed by atoms with Gasteiger partial charge in [0.05, 0.1) is 6.20 Å². The number of carboxylic acids is 1. The molecule has 0 saturated carbocycles. The molecule has 2 amide bonds. The average Bonchev–Trinajstić information content (AvgIpc) is 2.93. The Kier molecular flexibility index (Phi) is 4.73. The number of hydrogen-bond donors (Lipinski definition) is 2. The van der Waals surface area contributed by atoms with Gasteiger partial charge in [0.1, 0.15) is 0 Å². The van der Waals surface area contributed by atoms with E-state index >= 15 is 0 Å². The molecular weight excluding hydrogens is 284 g/mol. The number of amides is 2. The van der Waals surface area contributed by atoms with Gasteiger partial charge in [-0.25, -0.2) is 9.59 Å². The number of aryl methyl sites for hydroxylation is 1. The van der Waals surface area contributed by atoms with Crippen LogP contribution >= 0.6 is 0 Å². The first-order valence-electron chi connectivity index (χ1n) is 7.69. The Hall–Kier alpha value is -2.05. The number of piperidine rings is 1. The van der Waals surface area contributed by atoms with E-state index in [1.54, 1.807) is 17.3 Å². The van der Waals surface area contributed by atoms with Crippen molar-refractivity contribution in [3.05, 3.63) is 18.0 Å². The smallest absolute Gasteiger partial charge is 0.331 e. The predicted molar refractivity (Wildman–Crippen MR) is 81.7 cm³/mol. The summed E-state index contributed by atoms with van der Waals surface area (Å²) in [5.41, 5.74) is -0.126. The molecule has 2 heterocycles. The summed E-state index contributed by atoms with van der Waals surface area (Å²) in [6.07, 6.45) is 5.00. The number of rotatable bonds is 4. The molecule has 0 bridgehead atoms. The molecule has 0 spiro atoms. The van der Waals surface area contributed by atoms with Crippen molar-refractivity contribution >= 4 is 12.0 Å². The summed E-state index contributed by atoms with van der Waals surface area (Å²) in [5, 5.41) is 16.8. The maximum absolute atomic E-state index is 12.1. The summed E-state index contributed by atoms with van der Waals surface area (Å²) >= 11 is 0. The number of nitrogens with one attached hydrogen (secondary N) is 1. The normalized spacial score (nSPS) is 18.8. The first-order valence-corrected chi connectivity index (χ1v) is 7.69. The van der Waals surface area contributed by atoms with Crippen LogP contribution < -0.4 is 5.32 Å². The molecule has 1 aromatic rings. The number of likely N-dealkylation sites (tertiary alicyclic amines) is 1. The van der Waals surface area contributed by atoms with Crippen molar-refractivity contribution in [2.75, 3.05) is 13.1 Å². The Morgan fingerprint density at radius 2 is 2.09 bits per heavy atom. The third-order valence-corrected chi connectivity index (χ3v) is 4.41. The maximum atomic E-state index is 12.1. The highest BCUT2D eigenvalue weighted by molar-refractivity contribution is 5.78. The third-order valence-electron chi connectivity index (χ3n) is 4.41. The topological polar surface area (TPSA) is 87.5 Å². The summed E-state index contributed by atoms with van der Waals surface area (Å²) in [4.78, 5) is 25.6. The van der Waals surface area contributed by atoms with Gasteiger partial charge in [-0.3, -0.25) is 4.68 Å². The monoisotopic (exact) mass is 308 g/mol. The number of nitrogens with zero attached hydrogens (tertiary/aromatic N) is 3. The summed E-state index contributed by atoms with van der Waals surface area (Å²) in [6.45, 7) is 6.67. The van der Waals surface area contributed by atoms with Crippen molar-refractivity contribution in [3.63, 3.8) is 0 Å². The molecule has 0 unspecified atom stereocenters. The van der Waals surface area contributed by atoms with E-state index in [4.69, 9.17) is 0 Å². The number of aliphatic carboxylic acids is 1. The fourth-order valence-electron chi connectivity index (χ4n) is 2.67. The highest BCUT2D eigenvalue weighted by Gasteiger charge is 2.45. The van der Waals surface area contributed by atoms with E-state index in [1.807, 2.05) is 20.8 Å². The third kappa shape index (κ3) is 3.08. The Balaban J connectivity index is 2.08. The van der Waals surface area contributed by atoms with E-state index in [-0.39, 0.29) is 12.1 Å². The van der Waals surface area contributed by atoms with Crippen LogP contribution in [-0.4, -0.2) is 50.9 Å². The lowest BCUT2D eigenvalue weighted by Crippen LogP contribution is -2.55. The van der Waals surface area contributed by atoms with Crippen LogP contribution in [0.25, 0.3) is 0 Å². The van der Waals surface area contributed by atoms with Gasteiger partial charge in [0, 0.05) is 38.2 Å². The van der Waals surface area contributed by atoms with E-state index < -0.39 is 11.5 Å². The van der Waals surface area contributed by atoms with Gasteiger partial charge in [0.15, 0.2) is 5.54 Å². The molecule has 1 aliphatic rings. The van der Waals surface area contributed by atoms with Crippen molar-refractivity contribution in [1.82, 2.24) is 20.0 Å². The molecule has 0 radical (unpaired) electrons. The Morgan fingerprint density at radius 3 is 2.55 bits per heavy atom. The van der Waals surface area contributed by atoms with E-state index in [9.17, 15) is 14.7 Å². The minimum absolute atomic E-state index is 0.118. The van der Waals surface area contributed by atoms with Crippen LogP contribution in [0, 0.1) is 6.92 Å². The first kappa shape index (κ1) is 16.3. The molecule has 122 valence electrons. The number of carbonyl (C=O) groups is 2. The van der Waals surface area contributed by atoms with Crippen molar-refractivity contribution in [2.24, 2.45) is 0 Å². The molecule has 22 heavy (non-hydrogen) atoms. The molecule has 0 aliphatic carbocycles. The molecule has 0 aromatic carbocycles. The molecule has 1 saturated heterocycles. The Morgan fingerprint density at radius 1 is 1.45 bits per heavy atom. The molecular formula is C15H24N4O3. The predicted octanol–water partition coefficient (Wildman–Crippen LogP) is 1.58. The van der Waals surface area contributed by atoms with Crippen LogP contribution in [0.5, 0.6) is 0 Å². The SMILES string of the molecule is CC[C@@H](C)NC(=O)N1CCC(C(=O)O)(n2cc(C)cn2)CC1. The first-order chi connectivity index (χ1) is 10.4. The largest absolute Gasteiger partial charge is 0.479 e. The summed E-state index contributed by atoms with van der Waals surface area (Å²) in [6, 6.07) is -0.00240. The van der Waals surface area contributed by atoms with Gasteiger partial charge in [-0.1, -0.05) is 6.92 Å². The number of carbonyl (C=O) groups excluding carboxylic acids is 1. The van der Waals surface area contributed by atoms with Crippen LogP contribution in [0.3, 0.4) is 0 Å². The van der Waals surface area contributed by atoms with Gasteiger partial charge >= 0.3 is 12.0 Å². The van der Waals surface area contributed by atoms with Crippen LogP contribution in [0.15, 0.2) is 12.4 Å². The lowest BCUT2D eigenvalue weighted by molar-refractivity contribution is -0.150. The zero-order valence-electron chi connectivity index (χ0n) is 13.4. The van der Waals surface area contributed by atoms with Crippen LogP contribution in [0.2, 0.25) is 0 Å².